The van der Waals surface area contributed by atoms with Crippen LogP contribution in [-0.4, -0.2) is 4.98 Å². The van der Waals surface area contributed by atoms with E-state index in [0.29, 0.717) is 0 Å². The first-order chi connectivity index (χ1) is 29.6. The molecular weight excluding hydrogens is 750 g/mol. The van der Waals surface area contributed by atoms with Crippen LogP contribution in [0.25, 0.3) is 55.2 Å². The van der Waals surface area contributed by atoms with E-state index in [1.54, 1.807) is 0 Å². The van der Waals surface area contributed by atoms with Crippen molar-refractivity contribution >= 4 is 44.7 Å². The van der Waals surface area contributed by atoms with E-state index < -0.39 is 12.6 Å². The van der Waals surface area contributed by atoms with Gasteiger partial charge in [0, 0.05) is 43.4 Å². The van der Waals surface area contributed by atoms with Crippen molar-refractivity contribution in [2.75, 3.05) is 0 Å². The summed E-state index contributed by atoms with van der Waals surface area (Å²) in [5.41, 5.74) is 11.8. The quantitative estimate of drug-likeness (QED) is 0.129. The van der Waals surface area contributed by atoms with Crippen molar-refractivity contribution in [3.05, 3.63) is 241 Å². The fraction of sp³-hybridized carbons (Fsp3) is 0.0179. The van der Waals surface area contributed by atoms with Gasteiger partial charge in [0.15, 0.2) is 7.14 Å². The first-order valence-electron chi connectivity index (χ1n) is 20.4. The highest BCUT2D eigenvalue weighted by atomic mass is 31.2. The highest BCUT2D eigenvalue weighted by Gasteiger charge is 2.51. The van der Waals surface area contributed by atoms with Crippen molar-refractivity contribution in [1.29, 1.82) is 0 Å². The normalized spacial score (nSPS) is 13.3. The van der Waals surface area contributed by atoms with Gasteiger partial charge in [-0.15, -0.1) is 0 Å². The largest absolute Gasteiger partial charge is 0.457 e. The van der Waals surface area contributed by atoms with Crippen LogP contribution in [0.3, 0.4) is 0 Å². The van der Waals surface area contributed by atoms with Crippen LogP contribution in [0, 0.1) is 0 Å². The molecule has 0 N–H and O–H groups in total. The summed E-state index contributed by atoms with van der Waals surface area (Å²) in [6, 6.07) is 75.8. The van der Waals surface area contributed by atoms with E-state index in [1.165, 1.54) is 22.3 Å². The molecule has 0 fully saturated rings. The zero-order valence-electron chi connectivity index (χ0n) is 32.5. The summed E-state index contributed by atoms with van der Waals surface area (Å²) in [6.07, 6.45) is 0. The molecule has 60 heavy (non-hydrogen) atoms. The molecule has 1 aliphatic heterocycles. The second kappa shape index (κ2) is 13.4. The minimum Gasteiger partial charge on any atom is -0.457 e. The molecule has 2 heterocycles. The van der Waals surface area contributed by atoms with Gasteiger partial charge in [-0.25, -0.2) is 4.98 Å². The molecule has 1 aromatic heterocycles. The summed E-state index contributed by atoms with van der Waals surface area (Å²) in [7, 11) is -3.07. The highest BCUT2D eigenvalue weighted by molar-refractivity contribution is 7.85. The molecule has 2 aliphatic rings. The molecule has 12 rings (SSSR count). The first kappa shape index (κ1) is 34.7. The van der Waals surface area contributed by atoms with Crippen LogP contribution in [0.4, 0.5) is 0 Å². The zero-order chi connectivity index (χ0) is 39.8. The number of nitrogens with zero attached hydrogens (tertiary/aromatic N) is 1. The topological polar surface area (TPSA) is 39.2 Å². The minimum atomic E-state index is -3.07. The lowest BCUT2D eigenvalue weighted by Crippen LogP contribution is -2.32. The molecule has 1 spiro atoms. The van der Waals surface area contributed by atoms with Crippen LogP contribution < -0.4 is 20.7 Å². The van der Waals surface area contributed by atoms with E-state index in [-0.39, 0.29) is 0 Å². The number of ether oxygens (including phenoxy) is 1. The van der Waals surface area contributed by atoms with Gasteiger partial charge >= 0.3 is 0 Å². The summed E-state index contributed by atoms with van der Waals surface area (Å²) in [6.45, 7) is 0. The monoisotopic (exact) mass is 785 g/mol. The number of fused-ring (bicyclic) bond motifs is 12. The van der Waals surface area contributed by atoms with E-state index in [4.69, 9.17) is 9.72 Å². The van der Waals surface area contributed by atoms with Gasteiger partial charge in [-0.2, -0.15) is 0 Å². The predicted molar refractivity (Wildman–Crippen MR) is 247 cm³/mol. The average Bonchev–Trinajstić information content (AvgIpc) is 3.62. The summed E-state index contributed by atoms with van der Waals surface area (Å²) in [5, 5.41) is 5.75. The van der Waals surface area contributed by atoms with E-state index >= 15 is 0 Å². The smallest absolute Gasteiger partial charge is 0.171 e. The molecule has 4 heteroatoms. The lowest BCUT2D eigenvalue weighted by Gasteiger charge is -2.39. The third-order valence-corrected chi connectivity index (χ3v) is 15.7. The fourth-order valence-electron chi connectivity index (χ4n) is 9.93. The van der Waals surface area contributed by atoms with Crippen molar-refractivity contribution in [2.45, 2.75) is 5.41 Å². The first-order valence-corrected chi connectivity index (χ1v) is 22.1. The van der Waals surface area contributed by atoms with Crippen molar-refractivity contribution in [1.82, 2.24) is 4.98 Å². The van der Waals surface area contributed by atoms with E-state index in [9.17, 15) is 4.57 Å². The molecule has 0 atom stereocenters. The Kier molecular flexibility index (Phi) is 7.73. The number of pyridine rings is 1. The summed E-state index contributed by atoms with van der Waals surface area (Å²) >= 11 is 0. The summed E-state index contributed by atoms with van der Waals surface area (Å²) in [4.78, 5) is 5.34. The fourth-order valence-corrected chi connectivity index (χ4v) is 12.6. The van der Waals surface area contributed by atoms with Crippen molar-refractivity contribution in [3.8, 4) is 45.0 Å². The zero-order valence-corrected chi connectivity index (χ0v) is 33.4. The maximum Gasteiger partial charge on any atom is 0.171 e. The Hall–Kier alpha value is -7.32. The van der Waals surface area contributed by atoms with Crippen molar-refractivity contribution < 1.29 is 9.30 Å². The molecule has 0 unspecified atom stereocenters. The van der Waals surface area contributed by atoms with E-state index in [0.717, 1.165) is 82.6 Å². The van der Waals surface area contributed by atoms with Gasteiger partial charge in [-0.3, -0.25) is 0 Å². The standard InChI is InChI=1S/C56H36NO2P/c58-60(40-15-3-1-4-16-40,41-17-5-2-6-18-41)42-33-31-38(32-34-42)37-27-29-39(30-28-37)55-47-36-54-51(35-46(47)45-21-9-13-25-52(45)57-55)56(50-24-12-14-26-53(50)59-54)48-22-10-7-19-43(48)44-20-8-11-23-49(44)56/h1-36H. The van der Waals surface area contributed by atoms with Gasteiger partial charge < -0.3 is 9.30 Å². The Morgan fingerprint density at radius 1 is 0.383 bits per heavy atom. The third-order valence-electron chi connectivity index (χ3n) is 12.6. The van der Waals surface area contributed by atoms with E-state index in [1.807, 2.05) is 72.8 Å². The Morgan fingerprint density at radius 2 is 0.883 bits per heavy atom. The number of aromatic nitrogens is 1. The lowest BCUT2D eigenvalue weighted by molar-refractivity contribution is 0.437. The molecule has 0 saturated heterocycles. The van der Waals surface area contributed by atoms with Gasteiger partial charge in [0.25, 0.3) is 0 Å². The predicted octanol–water partition coefficient (Wildman–Crippen LogP) is 12.8. The van der Waals surface area contributed by atoms with E-state index in [2.05, 4.69) is 146 Å². The third kappa shape index (κ3) is 4.97. The molecule has 1 aliphatic carbocycles. The maximum atomic E-state index is 15.0. The van der Waals surface area contributed by atoms with Gasteiger partial charge in [0.05, 0.1) is 16.6 Å². The second-order valence-corrected chi connectivity index (χ2v) is 18.5. The Labute approximate surface area is 348 Å². The van der Waals surface area contributed by atoms with Crippen LogP contribution in [-0.2, 0) is 9.98 Å². The van der Waals surface area contributed by atoms with Crippen molar-refractivity contribution in [3.63, 3.8) is 0 Å². The van der Waals surface area contributed by atoms with Crippen molar-refractivity contribution in [2.24, 2.45) is 0 Å². The van der Waals surface area contributed by atoms with Crippen LogP contribution in [0.15, 0.2) is 218 Å². The number of para-hydroxylation sites is 2. The lowest BCUT2D eigenvalue weighted by atomic mass is 9.65. The molecule has 0 saturated carbocycles. The van der Waals surface area contributed by atoms with Gasteiger partial charge in [0.1, 0.15) is 11.5 Å². The summed E-state index contributed by atoms with van der Waals surface area (Å²) in [5.74, 6) is 1.71. The summed E-state index contributed by atoms with van der Waals surface area (Å²) < 4.78 is 21.9. The van der Waals surface area contributed by atoms with Crippen LogP contribution in [0.1, 0.15) is 22.3 Å². The number of hydrogen-bond acceptors (Lipinski definition) is 3. The number of benzene rings is 9. The minimum absolute atomic E-state index is 0.552. The molecule has 9 aromatic carbocycles. The highest BCUT2D eigenvalue weighted by Crippen LogP contribution is 2.62. The van der Waals surface area contributed by atoms with Crippen LogP contribution in [0.5, 0.6) is 11.5 Å². The molecule has 0 amide bonds. The molecular formula is C56H36NO2P. The molecule has 10 aromatic rings. The Bertz CT molecular complexity index is 3270. The Morgan fingerprint density at radius 3 is 1.53 bits per heavy atom. The second-order valence-electron chi connectivity index (χ2n) is 15.7. The van der Waals surface area contributed by atoms with Crippen LogP contribution in [0.2, 0.25) is 0 Å². The van der Waals surface area contributed by atoms with Gasteiger partial charge in [-0.1, -0.05) is 194 Å². The number of rotatable bonds is 5. The van der Waals surface area contributed by atoms with Gasteiger partial charge in [-0.05, 0) is 63.0 Å². The average molecular weight is 786 g/mol. The maximum absolute atomic E-state index is 15.0. The molecule has 3 nitrogen and oxygen atoms in total. The number of hydrogen-bond donors (Lipinski definition) is 0. The van der Waals surface area contributed by atoms with Gasteiger partial charge in [0.2, 0.25) is 0 Å². The van der Waals surface area contributed by atoms with Crippen LogP contribution >= 0.6 is 7.14 Å². The molecule has 0 radical (unpaired) electrons. The SMILES string of the molecule is O=P(c1ccccc1)(c1ccccc1)c1ccc(-c2ccc(-c3nc4ccccc4c4cc5c(cc34)Oc3ccccc3C53c4ccccc4-c4ccccc43)cc2)cc1. The molecule has 282 valence electrons. The Balaban J connectivity index is 0.998. The molecule has 0 bridgehead atoms.